The molecule has 6 heteroatoms. The van der Waals surface area contributed by atoms with Crippen molar-refractivity contribution in [2.45, 2.75) is 6.42 Å². The third-order valence-electron chi connectivity index (χ3n) is 2.70. The Morgan fingerprint density at radius 1 is 1.41 bits per heavy atom. The number of aliphatic hydroxyl groups excluding tert-OH is 1. The number of aliphatic hydroxyl groups is 1. The second kappa shape index (κ2) is 6.36. The highest BCUT2D eigenvalue weighted by Gasteiger charge is 2.11. The summed E-state index contributed by atoms with van der Waals surface area (Å²) >= 11 is 0. The molecule has 3 N–H and O–H groups in total. The number of piperazine rings is 1. The SMILES string of the molecule is OCCCNc1nccc(N2CCNCC2)n1. The Labute approximate surface area is 101 Å². The van der Waals surface area contributed by atoms with Gasteiger partial charge in [-0.25, -0.2) is 4.98 Å². The number of hydrogen-bond donors (Lipinski definition) is 3. The van der Waals surface area contributed by atoms with Crippen LogP contribution in [-0.4, -0.2) is 54.4 Å². The molecule has 0 bridgehead atoms. The van der Waals surface area contributed by atoms with Crippen LogP contribution in [0.5, 0.6) is 0 Å². The predicted octanol–water partition coefficient (Wildman–Crippen LogP) is -0.319. The molecule has 1 aliphatic rings. The first-order valence-electron chi connectivity index (χ1n) is 6.03. The molecule has 0 spiro atoms. The number of rotatable bonds is 5. The quantitative estimate of drug-likeness (QED) is 0.610. The Morgan fingerprint density at radius 2 is 2.24 bits per heavy atom. The molecule has 0 atom stereocenters. The number of aromatic nitrogens is 2. The minimum absolute atomic E-state index is 0.185. The molecule has 1 aromatic rings. The van der Waals surface area contributed by atoms with E-state index < -0.39 is 0 Å². The average Bonchev–Trinajstić information content (AvgIpc) is 2.41. The van der Waals surface area contributed by atoms with E-state index in [1.54, 1.807) is 6.20 Å². The zero-order chi connectivity index (χ0) is 11.9. The van der Waals surface area contributed by atoms with Crippen LogP contribution in [-0.2, 0) is 0 Å². The van der Waals surface area contributed by atoms with Crippen LogP contribution in [0, 0.1) is 0 Å². The number of hydrogen-bond acceptors (Lipinski definition) is 6. The second-order valence-corrected chi connectivity index (χ2v) is 3.98. The highest BCUT2D eigenvalue weighted by atomic mass is 16.3. The van der Waals surface area contributed by atoms with Gasteiger partial charge in [-0.05, 0) is 12.5 Å². The maximum absolute atomic E-state index is 8.71. The van der Waals surface area contributed by atoms with Gasteiger partial charge in [0.25, 0.3) is 0 Å². The monoisotopic (exact) mass is 237 g/mol. The fourth-order valence-electron chi connectivity index (χ4n) is 1.78. The lowest BCUT2D eigenvalue weighted by molar-refractivity contribution is 0.292. The summed E-state index contributed by atoms with van der Waals surface area (Å²) in [6, 6.07) is 1.93. The Bertz CT molecular complexity index is 340. The summed E-state index contributed by atoms with van der Waals surface area (Å²) in [5.41, 5.74) is 0. The summed E-state index contributed by atoms with van der Waals surface area (Å²) in [4.78, 5) is 10.9. The molecule has 0 radical (unpaired) electrons. The van der Waals surface area contributed by atoms with Gasteiger partial charge in [0.2, 0.25) is 5.95 Å². The van der Waals surface area contributed by atoms with Gasteiger partial charge >= 0.3 is 0 Å². The van der Waals surface area contributed by atoms with Crippen LogP contribution in [0.15, 0.2) is 12.3 Å². The van der Waals surface area contributed by atoms with E-state index >= 15 is 0 Å². The molecule has 1 fully saturated rings. The van der Waals surface area contributed by atoms with Crippen LogP contribution in [0.2, 0.25) is 0 Å². The van der Waals surface area contributed by atoms with Crippen LogP contribution in [0.3, 0.4) is 0 Å². The minimum Gasteiger partial charge on any atom is -0.396 e. The minimum atomic E-state index is 0.185. The van der Waals surface area contributed by atoms with Crippen LogP contribution in [0.25, 0.3) is 0 Å². The fraction of sp³-hybridized carbons (Fsp3) is 0.636. The molecular weight excluding hydrogens is 218 g/mol. The summed E-state index contributed by atoms with van der Waals surface area (Å²) in [7, 11) is 0. The molecule has 1 aliphatic heterocycles. The zero-order valence-corrected chi connectivity index (χ0v) is 9.89. The maximum Gasteiger partial charge on any atom is 0.224 e. The Kier molecular flexibility index (Phi) is 4.52. The second-order valence-electron chi connectivity index (χ2n) is 3.98. The summed E-state index contributed by atoms with van der Waals surface area (Å²) in [5.74, 6) is 1.60. The fourth-order valence-corrected chi connectivity index (χ4v) is 1.78. The van der Waals surface area contributed by atoms with Gasteiger partial charge in [0, 0.05) is 45.5 Å². The lowest BCUT2D eigenvalue weighted by Gasteiger charge is -2.28. The van der Waals surface area contributed by atoms with Crippen LogP contribution in [0.1, 0.15) is 6.42 Å². The molecule has 0 saturated carbocycles. The third-order valence-corrected chi connectivity index (χ3v) is 2.70. The van der Waals surface area contributed by atoms with Crippen molar-refractivity contribution in [3.8, 4) is 0 Å². The molecule has 6 nitrogen and oxygen atoms in total. The van der Waals surface area contributed by atoms with E-state index in [0.717, 1.165) is 32.0 Å². The Balaban J connectivity index is 1.95. The number of anilines is 2. The van der Waals surface area contributed by atoms with E-state index in [1.165, 1.54) is 0 Å². The molecule has 0 aromatic carbocycles. The first-order valence-corrected chi connectivity index (χ1v) is 6.03. The lowest BCUT2D eigenvalue weighted by atomic mass is 10.3. The van der Waals surface area contributed by atoms with E-state index in [-0.39, 0.29) is 6.61 Å². The largest absolute Gasteiger partial charge is 0.396 e. The van der Waals surface area contributed by atoms with E-state index in [0.29, 0.717) is 18.9 Å². The molecule has 2 rings (SSSR count). The Hall–Kier alpha value is -1.40. The standard InChI is InChI=1S/C11H19N5O/c17-9-1-3-13-11-14-4-2-10(15-11)16-7-5-12-6-8-16/h2,4,12,17H,1,3,5-9H2,(H,13,14,15). The van der Waals surface area contributed by atoms with Crippen molar-refractivity contribution in [2.24, 2.45) is 0 Å². The van der Waals surface area contributed by atoms with E-state index in [1.807, 2.05) is 6.07 Å². The average molecular weight is 237 g/mol. The van der Waals surface area contributed by atoms with Crippen molar-refractivity contribution < 1.29 is 5.11 Å². The van der Waals surface area contributed by atoms with Crippen molar-refractivity contribution in [1.29, 1.82) is 0 Å². The van der Waals surface area contributed by atoms with E-state index in [4.69, 9.17) is 5.11 Å². The molecule has 0 amide bonds. The summed E-state index contributed by atoms with van der Waals surface area (Å²) in [6.45, 7) is 4.83. The van der Waals surface area contributed by atoms with E-state index in [2.05, 4.69) is 25.5 Å². The number of nitrogens with zero attached hydrogens (tertiary/aromatic N) is 3. The van der Waals surface area contributed by atoms with Crippen molar-refractivity contribution in [2.75, 3.05) is 49.5 Å². The van der Waals surface area contributed by atoms with Gasteiger partial charge in [-0.1, -0.05) is 0 Å². The molecule has 17 heavy (non-hydrogen) atoms. The highest BCUT2D eigenvalue weighted by molar-refractivity contribution is 5.42. The van der Waals surface area contributed by atoms with Crippen molar-refractivity contribution in [1.82, 2.24) is 15.3 Å². The van der Waals surface area contributed by atoms with Gasteiger partial charge in [-0.3, -0.25) is 0 Å². The molecule has 1 saturated heterocycles. The number of nitrogens with one attached hydrogen (secondary N) is 2. The highest BCUT2D eigenvalue weighted by Crippen LogP contribution is 2.12. The summed E-state index contributed by atoms with van der Waals surface area (Å²) in [6.07, 6.45) is 2.48. The maximum atomic E-state index is 8.71. The van der Waals surface area contributed by atoms with Gasteiger partial charge in [0.15, 0.2) is 0 Å². The smallest absolute Gasteiger partial charge is 0.224 e. The first-order chi connectivity index (χ1) is 8.40. The van der Waals surface area contributed by atoms with Crippen molar-refractivity contribution >= 4 is 11.8 Å². The molecule has 94 valence electrons. The molecule has 2 heterocycles. The van der Waals surface area contributed by atoms with Crippen LogP contribution in [0.4, 0.5) is 11.8 Å². The van der Waals surface area contributed by atoms with Crippen molar-refractivity contribution in [3.63, 3.8) is 0 Å². The van der Waals surface area contributed by atoms with Gasteiger partial charge < -0.3 is 20.6 Å². The lowest BCUT2D eigenvalue weighted by Crippen LogP contribution is -2.43. The first kappa shape index (κ1) is 12.1. The zero-order valence-electron chi connectivity index (χ0n) is 9.89. The normalized spacial score (nSPS) is 15.9. The van der Waals surface area contributed by atoms with E-state index in [9.17, 15) is 0 Å². The molecule has 0 aliphatic carbocycles. The third kappa shape index (κ3) is 3.54. The van der Waals surface area contributed by atoms with Gasteiger partial charge in [0.05, 0.1) is 0 Å². The molecule has 0 unspecified atom stereocenters. The topological polar surface area (TPSA) is 73.3 Å². The Morgan fingerprint density at radius 3 is 3.00 bits per heavy atom. The molecule has 1 aromatic heterocycles. The van der Waals surface area contributed by atoms with Gasteiger partial charge in [0.1, 0.15) is 5.82 Å². The predicted molar refractivity (Wildman–Crippen MR) is 67.3 cm³/mol. The summed E-state index contributed by atoms with van der Waals surface area (Å²) in [5, 5.41) is 15.1. The summed E-state index contributed by atoms with van der Waals surface area (Å²) < 4.78 is 0. The van der Waals surface area contributed by atoms with Gasteiger partial charge in [-0.15, -0.1) is 0 Å². The van der Waals surface area contributed by atoms with Crippen LogP contribution >= 0.6 is 0 Å². The van der Waals surface area contributed by atoms with Gasteiger partial charge in [-0.2, -0.15) is 4.98 Å². The van der Waals surface area contributed by atoms with Crippen molar-refractivity contribution in [3.05, 3.63) is 12.3 Å². The van der Waals surface area contributed by atoms with Crippen LogP contribution < -0.4 is 15.5 Å². The molecular formula is C11H19N5O.